The highest BCUT2D eigenvalue weighted by molar-refractivity contribution is 6.34. The largest absolute Gasteiger partial charge is 0.456 e. The lowest BCUT2D eigenvalue weighted by atomic mass is 9.91. The van der Waals surface area contributed by atoms with Crippen LogP contribution in [0.4, 0.5) is 0 Å². The van der Waals surface area contributed by atoms with Crippen molar-refractivity contribution in [1.29, 1.82) is 0 Å². The van der Waals surface area contributed by atoms with E-state index in [-0.39, 0.29) is 0 Å². The number of aromatic nitrogens is 3. The average molecular weight is 716 g/mol. The number of benzene rings is 9. The summed E-state index contributed by atoms with van der Waals surface area (Å²) < 4.78 is 13.3. The van der Waals surface area contributed by atoms with Crippen LogP contribution in [0.3, 0.4) is 0 Å². The van der Waals surface area contributed by atoms with Gasteiger partial charge in [-0.3, -0.25) is 0 Å². The second kappa shape index (κ2) is 11.9. The lowest BCUT2D eigenvalue weighted by molar-refractivity contribution is 0.668. The van der Waals surface area contributed by atoms with E-state index in [4.69, 9.17) is 23.8 Å². The van der Waals surface area contributed by atoms with Gasteiger partial charge in [-0.05, 0) is 68.6 Å². The van der Waals surface area contributed by atoms with Crippen LogP contribution in [-0.4, -0.2) is 15.0 Å². The molecule has 0 fully saturated rings. The van der Waals surface area contributed by atoms with E-state index in [1.54, 1.807) is 0 Å². The van der Waals surface area contributed by atoms with Crippen molar-refractivity contribution in [3.8, 4) is 56.4 Å². The van der Waals surface area contributed by atoms with Gasteiger partial charge in [-0.15, -0.1) is 0 Å². The summed E-state index contributed by atoms with van der Waals surface area (Å²) in [6.07, 6.45) is 0. The Bertz CT molecular complexity index is 3460. The van der Waals surface area contributed by atoms with E-state index in [9.17, 15) is 0 Å². The lowest BCUT2D eigenvalue weighted by Gasteiger charge is -2.10. The molecule has 12 rings (SSSR count). The zero-order valence-corrected chi connectivity index (χ0v) is 29.9. The molecule has 9 aromatic carbocycles. The summed E-state index contributed by atoms with van der Waals surface area (Å²) in [6.45, 7) is 0. The van der Waals surface area contributed by atoms with Crippen molar-refractivity contribution in [1.82, 2.24) is 15.0 Å². The first-order valence-corrected chi connectivity index (χ1v) is 18.8. The minimum Gasteiger partial charge on any atom is -0.456 e. The Hall–Kier alpha value is -7.63. The van der Waals surface area contributed by atoms with Crippen molar-refractivity contribution in [2.75, 3.05) is 0 Å². The van der Waals surface area contributed by atoms with Crippen molar-refractivity contribution in [3.63, 3.8) is 0 Å². The normalized spacial score (nSPS) is 11.9. The third-order valence-corrected chi connectivity index (χ3v) is 11.1. The van der Waals surface area contributed by atoms with Gasteiger partial charge in [0.15, 0.2) is 17.5 Å². The summed E-state index contributed by atoms with van der Waals surface area (Å²) in [5.74, 6) is 1.80. The molecule has 0 atom stereocenters. The van der Waals surface area contributed by atoms with Gasteiger partial charge >= 0.3 is 0 Å². The monoisotopic (exact) mass is 715 g/mol. The predicted molar refractivity (Wildman–Crippen MR) is 228 cm³/mol. The number of nitrogens with zero attached hydrogens (tertiary/aromatic N) is 3. The first-order chi connectivity index (χ1) is 27.7. The van der Waals surface area contributed by atoms with Gasteiger partial charge in [-0.25, -0.2) is 15.0 Å². The molecule has 12 aromatic rings. The van der Waals surface area contributed by atoms with E-state index >= 15 is 0 Å². The molecule has 0 spiro atoms. The van der Waals surface area contributed by atoms with Crippen molar-refractivity contribution in [2.24, 2.45) is 0 Å². The fourth-order valence-corrected chi connectivity index (χ4v) is 8.51. The van der Waals surface area contributed by atoms with Gasteiger partial charge < -0.3 is 8.83 Å². The second-order valence-electron chi connectivity index (χ2n) is 14.3. The molecule has 0 radical (unpaired) electrons. The molecule has 0 unspecified atom stereocenters. The highest BCUT2D eigenvalue weighted by Crippen LogP contribution is 2.46. The van der Waals surface area contributed by atoms with Crippen LogP contribution in [-0.2, 0) is 0 Å². The summed E-state index contributed by atoms with van der Waals surface area (Å²) in [4.78, 5) is 15.3. The van der Waals surface area contributed by atoms with Gasteiger partial charge in [0.25, 0.3) is 0 Å². The molecular formula is C51H29N3O2. The Kier molecular flexibility index (Phi) is 6.56. The fourth-order valence-electron chi connectivity index (χ4n) is 8.51. The van der Waals surface area contributed by atoms with Crippen molar-refractivity contribution >= 4 is 65.4 Å². The topological polar surface area (TPSA) is 65.0 Å². The molecule has 0 aliphatic heterocycles. The highest BCUT2D eigenvalue weighted by atomic mass is 16.3. The number of furan rings is 2. The molecule has 5 heteroatoms. The van der Waals surface area contributed by atoms with Crippen molar-refractivity contribution in [2.45, 2.75) is 0 Å². The van der Waals surface area contributed by atoms with Gasteiger partial charge in [0.1, 0.15) is 22.3 Å². The Morgan fingerprint density at radius 3 is 1.59 bits per heavy atom. The summed E-state index contributed by atoms with van der Waals surface area (Å²) in [7, 11) is 0. The molecule has 0 saturated heterocycles. The molecule has 0 aliphatic carbocycles. The maximum Gasteiger partial charge on any atom is 0.164 e. The Morgan fingerprint density at radius 2 is 0.839 bits per heavy atom. The van der Waals surface area contributed by atoms with Gasteiger partial charge in [0.05, 0.1) is 0 Å². The van der Waals surface area contributed by atoms with Crippen LogP contribution in [0.2, 0.25) is 0 Å². The number of rotatable bonds is 5. The number of hydrogen-bond acceptors (Lipinski definition) is 5. The third kappa shape index (κ3) is 4.64. The minimum absolute atomic E-state index is 0.581. The quantitative estimate of drug-likeness (QED) is 0.166. The Balaban J connectivity index is 1.05. The van der Waals surface area contributed by atoms with E-state index in [2.05, 4.69) is 127 Å². The van der Waals surface area contributed by atoms with E-state index < -0.39 is 0 Å². The first-order valence-electron chi connectivity index (χ1n) is 18.8. The van der Waals surface area contributed by atoms with Gasteiger partial charge in [0.2, 0.25) is 0 Å². The lowest BCUT2D eigenvalue weighted by Crippen LogP contribution is -2.00. The van der Waals surface area contributed by atoms with E-state index in [1.165, 1.54) is 26.9 Å². The first kappa shape index (κ1) is 30.8. The van der Waals surface area contributed by atoms with E-state index in [0.29, 0.717) is 17.5 Å². The molecule has 5 nitrogen and oxygen atoms in total. The van der Waals surface area contributed by atoms with Crippen LogP contribution in [0.5, 0.6) is 0 Å². The molecular weight excluding hydrogens is 687 g/mol. The zero-order chi connectivity index (χ0) is 36.7. The smallest absolute Gasteiger partial charge is 0.164 e. The molecule has 0 bridgehead atoms. The minimum atomic E-state index is 0.581. The SMILES string of the molecule is c1ccc(-c2ccc(-c3nc(-c4ccccc4)nc(-c4cccc5oc6ccc(-c7ccc8c9ccccc9c9cccc%10oc7c8c%109)cc6c45)n3)cc2)cc1. The van der Waals surface area contributed by atoms with Crippen molar-refractivity contribution in [3.05, 3.63) is 176 Å². The predicted octanol–water partition coefficient (Wildman–Crippen LogP) is 13.7. The van der Waals surface area contributed by atoms with Crippen LogP contribution >= 0.6 is 0 Å². The summed E-state index contributed by atoms with van der Waals surface area (Å²) >= 11 is 0. The molecule has 56 heavy (non-hydrogen) atoms. The standard InChI is InChI=1S/C51H29N3O2/c1-3-11-30(12-4-1)31-21-23-33(24-22-31)50-52-49(32-13-5-2-6-14-32)53-51(54-50)40-18-10-19-43-45(40)41-29-34(25-28-42(41)55-43)35-26-27-39-37-16-8-7-15-36(37)38-17-9-20-44-46(38)47(39)48(35)56-44/h1-29H. The second-order valence-corrected chi connectivity index (χ2v) is 14.3. The zero-order valence-electron chi connectivity index (χ0n) is 29.9. The number of fused-ring (bicyclic) bond motifs is 6. The van der Waals surface area contributed by atoms with Gasteiger partial charge in [-0.1, -0.05) is 146 Å². The number of hydrogen-bond donors (Lipinski definition) is 0. The van der Waals surface area contributed by atoms with Crippen LogP contribution in [0, 0.1) is 0 Å². The van der Waals surface area contributed by atoms with Crippen LogP contribution in [0.25, 0.3) is 122 Å². The summed E-state index contributed by atoms with van der Waals surface area (Å²) in [6, 6.07) is 60.8. The molecule has 3 heterocycles. The summed E-state index contributed by atoms with van der Waals surface area (Å²) in [5.41, 5.74) is 10.4. The molecule has 0 N–H and O–H groups in total. The van der Waals surface area contributed by atoms with Crippen LogP contribution < -0.4 is 0 Å². The van der Waals surface area contributed by atoms with Crippen molar-refractivity contribution < 1.29 is 8.83 Å². The maximum atomic E-state index is 6.74. The van der Waals surface area contributed by atoms with Gasteiger partial charge in [-0.2, -0.15) is 0 Å². The average Bonchev–Trinajstić information content (AvgIpc) is 3.86. The molecule has 260 valence electrons. The summed E-state index contributed by atoms with van der Waals surface area (Å²) in [5, 5.41) is 9.14. The Labute approximate surface area is 320 Å². The maximum absolute atomic E-state index is 6.74. The van der Waals surface area contributed by atoms with Crippen LogP contribution in [0.15, 0.2) is 185 Å². The fraction of sp³-hybridized carbons (Fsp3) is 0. The molecule has 0 saturated carbocycles. The van der Waals surface area contributed by atoms with E-state index in [1.807, 2.05) is 48.5 Å². The molecule has 3 aromatic heterocycles. The molecule has 0 amide bonds. The Morgan fingerprint density at radius 1 is 0.286 bits per heavy atom. The van der Waals surface area contributed by atoms with Crippen LogP contribution in [0.1, 0.15) is 0 Å². The highest BCUT2D eigenvalue weighted by Gasteiger charge is 2.22. The third-order valence-electron chi connectivity index (χ3n) is 11.1. The molecule has 0 aliphatic rings. The van der Waals surface area contributed by atoms with E-state index in [0.717, 1.165) is 77.4 Å². The van der Waals surface area contributed by atoms with Gasteiger partial charge in [0, 0.05) is 43.8 Å².